The van der Waals surface area contributed by atoms with Gasteiger partial charge in [0, 0.05) is 41.4 Å². The zero-order valence-electron chi connectivity index (χ0n) is 14.7. The van der Waals surface area contributed by atoms with Crippen LogP contribution in [-0.2, 0) is 6.42 Å². The average molecular weight is 336 g/mol. The number of H-pyrrole nitrogens is 1. The van der Waals surface area contributed by atoms with E-state index in [2.05, 4.69) is 46.6 Å². The first-order chi connectivity index (χ1) is 12.2. The summed E-state index contributed by atoms with van der Waals surface area (Å²) in [5.41, 5.74) is 2.96. The Balaban J connectivity index is 1.58. The summed E-state index contributed by atoms with van der Waals surface area (Å²) < 4.78 is 0. The third kappa shape index (κ3) is 4.18. The number of anilines is 1. The maximum absolute atomic E-state index is 12.4. The Kier molecular flexibility index (Phi) is 5.33. The first kappa shape index (κ1) is 17.0. The highest BCUT2D eigenvalue weighted by Crippen LogP contribution is 2.17. The van der Waals surface area contributed by atoms with Gasteiger partial charge in [-0.2, -0.15) is 0 Å². The van der Waals surface area contributed by atoms with Gasteiger partial charge in [-0.1, -0.05) is 25.1 Å². The Morgan fingerprint density at radius 1 is 1.28 bits per heavy atom. The van der Waals surface area contributed by atoms with Crippen LogP contribution in [0.2, 0.25) is 0 Å². The molecule has 25 heavy (non-hydrogen) atoms. The summed E-state index contributed by atoms with van der Waals surface area (Å²) in [7, 11) is 0. The van der Waals surface area contributed by atoms with E-state index in [1.807, 2.05) is 18.3 Å². The van der Waals surface area contributed by atoms with Gasteiger partial charge in [-0.15, -0.1) is 0 Å². The summed E-state index contributed by atoms with van der Waals surface area (Å²) in [4.78, 5) is 19.9. The zero-order valence-corrected chi connectivity index (χ0v) is 14.7. The van der Waals surface area contributed by atoms with E-state index in [1.165, 1.54) is 10.9 Å². The number of amides is 1. The molecular weight excluding hydrogens is 312 g/mol. The van der Waals surface area contributed by atoms with E-state index < -0.39 is 0 Å². The molecule has 1 aromatic carbocycles. The third-order valence-corrected chi connectivity index (χ3v) is 4.38. The number of para-hydroxylation sites is 1. The Hall–Kier alpha value is -2.82. The summed E-state index contributed by atoms with van der Waals surface area (Å²) in [6.45, 7) is 4.80. The number of fused-ring (bicyclic) bond motifs is 1. The van der Waals surface area contributed by atoms with E-state index in [1.54, 1.807) is 18.3 Å². The van der Waals surface area contributed by atoms with Gasteiger partial charge >= 0.3 is 0 Å². The number of hydrogen-bond acceptors (Lipinski definition) is 3. The fourth-order valence-corrected chi connectivity index (χ4v) is 2.76. The number of pyridine rings is 1. The van der Waals surface area contributed by atoms with Gasteiger partial charge < -0.3 is 15.6 Å². The smallest absolute Gasteiger partial charge is 0.251 e. The molecule has 2 heterocycles. The fraction of sp³-hybridized carbons (Fsp3) is 0.300. The summed E-state index contributed by atoms with van der Waals surface area (Å²) in [6.07, 6.45) is 5.47. The second-order valence-corrected chi connectivity index (χ2v) is 6.25. The van der Waals surface area contributed by atoms with Crippen LogP contribution in [-0.4, -0.2) is 28.5 Å². The molecule has 1 unspecified atom stereocenters. The van der Waals surface area contributed by atoms with Gasteiger partial charge in [0.1, 0.15) is 5.82 Å². The van der Waals surface area contributed by atoms with Gasteiger partial charge in [0.2, 0.25) is 0 Å². The minimum atomic E-state index is -0.0746. The highest BCUT2D eigenvalue weighted by Gasteiger charge is 2.09. The molecule has 0 spiro atoms. The molecule has 0 fully saturated rings. The van der Waals surface area contributed by atoms with Crippen molar-refractivity contribution in [3.8, 4) is 0 Å². The van der Waals surface area contributed by atoms with Crippen LogP contribution in [0, 0.1) is 0 Å². The van der Waals surface area contributed by atoms with Crippen LogP contribution in [0.5, 0.6) is 0 Å². The van der Waals surface area contributed by atoms with Gasteiger partial charge in [-0.25, -0.2) is 4.98 Å². The highest BCUT2D eigenvalue weighted by atomic mass is 16.1. The van der Waals surface area contributed by atoms with Crippen LogP contribution >= 0.6 is 0 Å². The molecule has 1 atom stereocenters. The maximum Gasteiger partial charge on any atom is 0.251 e. The number of carbonyl (C=O) groups excluding carboxylic acids is 1. The lowest BCUT2D eigenvalue weighted by Crippen LogP contribution is -2.26. The van der Waals surface area contributed by atoms with Crippen molar-refractivity contribution in [3.63, 3.8) is 0 Å². The molecule has 0 bridgehead atoms. The molecule has 130 valence electrons. The SMILES string of the molecule is CCC(C)Nc1cc(C(=O)NCCc2c[nH]c3ccccc23)ccn1. The number of benzene rings is 1. The van der Waals surface area contributed by atoms with Gasteiger partial charge in [0.25, 0.3) is 5.91 Å². The largest absolute Gasteiger partial charge is 0.368 e. The molecular formula is C20H24N4O. The van der Waals surface area contributed by atoms with Gasteiger partial charge in [-0.3, -0.25) is 4.79 Å². The van der Waals surface area contributed by atoms with Crippen molar-refractivity contribution < 1.29 is 4.79 Å². The topological polar surface area (TPSA) is 69.8 Å². The molecule has 0 saturated carbocycles. The number of hydrogen-bond donors (Lipinski definition) is 3. The van der Waals surface area contributed by atoms with E-state index in [9.17, 15) is 4.79 Å². The number of aromatic amines is 1. The fourth-order valence-electron chi connectivity index (χ4n) is 2.76. The van der Waals surface area contributed by atoms with Crippen molar-refractivity contribution in [3.05, 3.63) is 59.9 Å². The number of rotatable bonds is 7. The summed E-state index contributed by atoms with van der Waals surface area (Å²) >= 11 is 0. The van der Waals surface area contributed by atoms with Crippen LogP contribution in [0.15, 0.2) is 48.8 Å². The maximum atomic E-state index is 12.4. The first-order valence-electron chi connectivity index (χ1n) is 8.73. The predicted molar refractivity (Wildman–Crippen MR) is 102 cm³/mol. The number of carbonyl (C=O) groups is 1. The number of nitrogens with zero attached hydrogens (tertiary/aromatic N) is 1. The molecule has 0 radical (unpaired) electrons. The molecule has 5 heteroatoms. The van der Waals surface area contributed by atoms with Gasteiger partial charge in [0.15, 0.2) is 0 Å². The molecule has 3 N–H and O–H groups in total. The molecule has 0 aliphatic rings. The third-order valence-electron chi connectivity index (χ3n) is 4.38. The van der Waals surface area contributed by atoms with Crippen molar-refractivity contribution in [2.75, 3.05) is 11.9 Å². The van der Waals surface area contributed by atoms with Crippen molar-refractivity contribution in [1.82, 2.24) is 15.3 Å². The normalized spacial score (nSPS) is 12.1. The second kappa shape index (κ2) is 7.83. The van der Waals surface area contributed by atoms with Crippen molar-refractivity contribution in [2.24, 2.45) is 0 Å². The van der Waals surface area contributed by atoms with E-state index in [0.717, 1.165) is 24.2 Å². The van der Waals surface area contributed by atoms with Crippen molar-refractivity contribution >= 4 is 22.6 Å². The van der Waals surface area contributed by atoms with E-state index in [0.29, 0.717) is 18.2 Å². The monoisotopic (exact) mass is 336 g/mol. The van der Waals surface area contributed by atoms with Gasteiger partial charge in [-0.05, 0) is 43.5 Å². The molecule has 2 aromatic heterocycles. The molecule has 0 saturated heterocycles. The lowest BCUT2D eigenvalue weighted by atomic mass is 10.1. The molecule has 1 amide bonds. The zero-order chi connectivity index (χ0) is 17.6. The molecule has 0 aliphatic carbocycles. The molecule has 5 nitrogen and oxygen atoms in total. The lowest BCUT2D eigenvalue weighted by Gasteiger charge is -2.12. The Morgan fingerprint density at radius 3 is 2.96 bits per heavy atom. The van der Waals surface area contributed by atoms with E-state index in [4.69, 9.17) is 0 Å². The Morgan fingerprint density at radius 2 is 2.12 bits per heavy atom. The van der Waals surface area contributed by atoms with Crippen LogP contribution in [0.3, 0.4) is 0 Å². The lowest BCUT2D eigenvalue weighted by molar-refractivity contribution is 0.0954. The van der Waals surface area contributed by atoms with Crippen LogP contribution < -0.4 is 10.6 Å². The van der Waals surface area contributed by atoms with Crippen molar-refractivity contribution in [1.29, 1.82) is 0 Å². The van der Waals surface area contributed by atoms with E-state index >= 15 is 0 Å². The summed E-state index contributed by atoms with van der Waals surface area (Å²) in [5.74, 6) is 0.660. The summed E-state index contributed by atoms with van der Waals surface area (Å²) in [6, 6.07) is 12.1. The molecule has 3 aromatic rings. The second-order valence-electron chi connectivity index (χ2n) is 6.25. The molecule has 0 aliphatic heterocycles. The number of aromatic nitrogens is 2. The Labute approximate surface area is 147 Å². The van der Waals surface area contributed by atoms with Gasteiger partial charge in [0.05, 0.1) is 0 Å². The average Bonchev–Trinajstić information content (AvgIpc) is 3.05. The standard InChI is InChI=1S/C20H24N4O/c1-3-14(2)24-19-12-15(8-10-21-19)20(25)22-11-9-16-13-23-18-7-5-4-6-17(16)18/h4-8,10,12-14,23H,3,9,11H2,1-2H3,(H,21,24)(H,22,25). The Bertz CT molecular complexity index is 856. The van der Waals surface area contributed by atoms with Crippen LogP contribution in [0.25, 0.3) is 10.9 Å². The predicted octanol–water partition coefficient (Wildman–Crippen LogP) is 3.75. The van der Waals surface area contributed by atoms with Crippen molar-refractivity contribution in [2.45, 2.75) is 32.7 Å². The van der Waals surface area contributed by atoms with E-state index in [-0.39, 0.29) is 5.91 Å². The minimum Gasteiger partial charge on any atom is -0.368 e. The van der Waals surface area contributed by atoms with Crippen LogP contribution in [0.1, 0.15) is 36.2 Å². The minimum absolute atomic E-state index is 0.0746. The summed E-state index contributed by atoms with van der Waals surface area (Å²) in [5, 5.41) is 7.49. The first-order valence-corrected chi connectivity index (χ1v) is 8.73. The van der Waals surface area contributed by atoms with Crippen LogP contribution in [0.4, 0.5) is 5.82 Å². The highest BCUT2D eigenvalue weighted by molar-refractivity contribution is 5.94. The molecule has 3 rings (SSSR count). The number of nitrogens with one attached hydrogen (secondary N) is 3. The quantitative estimate of drug-likeness (QED) is 0.615.